The van der Waals surface area contributed by atoms with Gasteiger partial charge in [0.25, 0.3) is 5.91 Å². The molecule has 1 atom stereocenters. The maximum absolute atomic E-state index is 12.0. The van der Waals surface area contributed by atoms with Gasteiger partial charge in [0.15, 0.2) is 0 Å². The van der Waals surface area contributed by atoms with Gasteiger partial charge in [-0.05, 0) is 18.9 Å². The number of rotatable bonds is 4. The van der Waals surface area contributed by atoms with E-state index in [-0.39, 0.29) is 24.4 Å². The Balaban J connectivity index is 0.00000256. The van der Waals surface area contributed by atoms with Gasteiger partial charge >= 0.3 is 0 Å². The van der Waals surface area contributed by atoms with Crippen molar-refractivity contribution in [3.8, 4) is 0 Å². The van der Waals surface area contributed by atoms with Crippen molar-refractivity contribution in [2.75, 3.05) is 13.6 Å². The van der Waals surface area contributed by atoms with E-state index in [1.807, 2.05) is 20.8 Å². The fourth-order valence-electron chi connectivity index (χ4n) is 1.28. The van der Waals surface area contributed by atoms with Crippen molar-refractivity contribution in [1.82, 2.24) is 15.1 Å². The van der Waals surface area contributed by atoms with Crippen LogP contribution in [0, 0.1) is 0 Å². The number of aromatic nitrogens is 2. The van der Waals surface area contributed by atoms with Gasteiger partial charge < -0.3 is 10.6 Å². The molecule has 0 aromatic carbocycles. The molecular weight excluding hydrogens is 240 g/mol. The smallest absolute Gasteiger partial charge is 0.274 e. The van der Waals surface area contributed by atoms with Gasteiger partial charge in [0.05, 0.1) is 0 Å². The summed E-state index contributed by atoms with van der Waals surface area (Å²) in [4.78, 5) is 13.6. The lowest BCUT2D eigenvalue weighted by atomic mass is 10.1. The van der Waals surface area contributed by atoms with E-state index in [1.54, 1.807) is 18.0 Å². The highest BCUT2D eigenvalue weighted by Gasteiger charge is 2.19. The van der Waals surface area contributed by atoms with Crippen LogP contribution in [0.15, 0.2) is 6.07 Å². The molecule has 0 spiro atoms. The zero-order valence-corrected chi connectivity index (χ0v) is 11.5. The second kappa shape index (κ2) is 6.61. The lowest BCUT2D eigenvalue weighted by Gasteiger charge is -2.22. The van der Waals surface area contributed by atoms with Crippen LogP contribution >= 0.6 is 12.4 Å². The lowest BCUT2D eigenvalue weighted by molar-refractivity contribution is 0.0742. The van der Waals surface area contributed by atoms with Crippen LogP contribution < -0.4 is 5.73 Å². The van der Waals surface area contributed by atoms with Crippen molar-refractivity contribution in [2.24, 2.45) is 5.73 Å². The number of nitrogens with one attached hydrogen (secondary N) is 1. The molecule has 1 aromatic heterocycles. The van der Waals surface area contributed by atoms with Crippen LogP contribution in [0.3, 0.4) is 0 Å². The van der Waals surface area contributed by atoms with E-state index in [2.05, 4.69) is 10.2 Å². The van der Waals surface area contributed by atoms with Crippen molar-refractivity contribution in [3.63, 3.8) is 0 Å². The Morgan fingerprint density at radius 1 is 1.53 bits per heavy atom. The van der Waals surface area contributed by atoms with Crippen molar-refractivity contribution in [1.29, 1.82) is 0 Å². The Morgan fingerprint density at radius 3 is 2.53 bits per heavy atom. The standard InChI is InChI=1S/C11H20N4O.ClH/c1-7(2)9-5-10(14-13-9)11(16)15(4)8(3)6-12;/h5,7-8H,6,12H2,1-4H3,(H,13,14);1H. The third-order valence-electron chi connectivity index (χ3n) is 2.76. The molecule has 1 aromatic rings. The van der Waals surface area contributed by atoms with Gasteiger partial charge in [-0.15, -0.1) is 12.4 Å². The average Bonchev–Trinajstić information content (AvgIpc) is 2.75. The highest BCUT2D eigenvalue weighted by Crippen LogP contribution is 2.13. The summed E-state index contributed by atoms with van der Waals surface area (Å²) in [5.41, 5.74) is 6.94. The molecule has 1 rings (SSSR count). The van der Waals surface area contributed by atoms with Crippen LogP contribution in [0.1, 0.15) is 42.9 Å². The average molecular weight is 261 g/mol. The minimum absolute atomic E-state index is 0. The third-order valence-corrected chi connectivity index (χ3v) is 2.76. The van der Waals surface area contributed by atoms with Crippen molar-refractivity contribution < 1.29 is 4.79 Å². The first-order chi connectivity index (χ1) is 7.47. The maximum Gasteiger partial charge on any atom is 0.274 e. The topological polar surface area (TPSA) is 75.0 Å². The molecular formula is C11H21ClN4O. The zero-order chi connectivity index (χ0) is 12.3. The van der Waals surface area contributed by atoms with E-state index < -0.39 is 0 Å². The number of nitrogens with two attached hydrogens (primary N) is 1. The number of carbonyl (C=O) groups is 1. The summed E-state index contributed by atoms with van der Waals surface area (Å²) in [6, 6.07) is 1.82. The number of H-pyrrole nitrogens is 1. The van der Waals surface area contributed by atoms with Gasteiger partial charge in [0.1, 0.15) is 5.69 Å². The van der Waals surface area contributed by atoms with Crippen LogP contribution in [0.4, 0.5) is 0 Å². The fourth-order valence-corrected chi connectivity index (χ4v) is 1.28. The predicted molar refractivity (Wildman–Crippen MR) is 70.5 cm³/mol. The molecule has 0 saturated heterocycles. The summed E-state index contributed by atoms with van der Waals surface area (Å²) in [6.45, 7) is 6.46. The molecule has 17 heavy (non-hydrogen) atoms. The number of hydrogen-bond donors (Lipinski definition) is 2. The Morgan fingerprint density at radius 2 is 2.12 bits per heavy atom. The van der Waals surface area contributed by atoms with E-state index in [1.165, 1.54) is 0 Å². The monoisotopic (exact) mass is 260 g/mol. The van der Waals surface area contributed by atoms with Gasteiger partial charge in [0.2, 0.25) is 0 Å². The number of nitrogens with zero attached hydrogens (tertiary/aromatic N) is 2. The fraction of sp³-hybridized carbons (Fsp3) is 0.636. The predicted octanol–water partition coefficient (Wildman–Crippen LogP) is 1.37. The molecule has 3 N–H and O–H groups in total. The molecule has 0 bridgehead atoms. The van der Waals surface area contributed by atoms with E-state index in [9.17, 15) is 4.79 Å². The summed E-state index contributed by atoms with van der Waals surface area (Å²) in [6.07, 6.45) is 0. The number of aromatic amines is 1. The molecule has 0 aliphatic rings. The minimum Gasteiger partial charge on any atom is -0.336 e. The Bertz CT molecular complexity index is 364. The normalized spacial score (nSPS) is 12.1. The van der Waals surface area contributed by atoms with Gasteiger partial charge in [-0.1, -0.05) is 13.8 Å². The zero-order valence-electron chi connectivity index (χ0n) is 10.7. The molecule has 1 heterocycles. The van der Waals surface area contributed by atoms with E-state index in [4.69, 9.17) is 5.73 Å². The van der Waals surface area contributed by atoms with Gasteiger partial charge in [-0.25, -0.2) is 0 Å². The molecule has 98 valence electrons. The second-order valence-electron chi connectivity index (χ2n) is 4.36. The van der Waals surface area contributed by atoms with Gasteiger partial charge in [0, 0.05) is 25.3 Å². The lowest BCUT2D eigenvalue weighted by Crippen LogP contribution is -2.39. The quantitative estimate of drug-likeness (QED) is 0.859. The largest absolute Gasteiger partial charge is 0.336 e. The van der Waals surface area contributed by atoms with E-state index in [0.29, 0.717) is 18.2 Å². The molecule has 6 heteroatoms. The highest BCUT2D eigenvalue weighted by atomic mass is 35.5. The third kappa shape index (κ3) is 3.71. The molecule has 0 aliphatic carbocycles. The Hall–Kier alpha value is -1.07. The highest BCUT2D eigenvalue weighted by molar-refractivity contribution is 5.92. The minimum atomic E-state index is -0.0962. The number of hydrogen-bond acceptors (Lipinski definition) is 3. The van der Waals surface area contributed by atoms with Crippen LogP contribution in [-0.4, -0.2) is 40.6 Å². The number of likely N-dealkylation sites (N-methyl/N-ethyl adjacent to an activating group) is 1. The Labute approximate surface area is 108 Å². The second-order valence-corrected chi connectivity index (χ2v) is 4.36. The summed E-state index contributed by atoms with van der Waals surface area (Å²) >= 11 is 0. The first-order valence-corrected chi connectivity index (χ1v) is 5.49. The van der Waals surface area contributed by atoms with Crippen molar-refractivity contribution in [2.45, 2.75) is 32.7 Å². The Kier molecular flexibility index (Phi) is 6.20. The van der Waals surface area contributed by atoms with E-state index in [0.717, 1.165) is 5.69 Å². The van der Waals surface area contributed by atoms with Crippen LogP contribution in [0.25, 0.3) is 0 Å². The van der Waals surface area contributed by atoms with Gasteiger partial charge in [-0.2, -0.15) is 5.10 Å². The van der Waals surface area contributed by atoms with Gasteiger partial charge in [-0.3, -0.25) is 9.89 Å². The molecule has 0 radical (unpaired) electrons. The number of halogens is 1. The van der Waals surface area contributed by atoms with Crippen molar-refractivity contribution in [3.05, 3.63) is 17.5 Å². The molecule has 0 fully saturated rings. The molecule has 0 aliphatic heterocycles. The SMILES string of the molecule is CC(C)c1cc(C(=O)N(C)C(C)CN)n[nH]1.Cl. The van der Waals surface area contributed by atoms with Crippen LogP contribution in [0.2, 0.25) is 0 Å². The van der Waals surface area contributed by atoms with Crippen LogP contribution in [-0.2, 0) is 0 Å². The van der Waals surface area contributed by atoms with Crippen LogP contribution in [0.5, 0.6) is 0 Å². The molecule has 5 nitrogen and oxygen atoms in total. The summed E-state index contributed by atoms with van der Waals surface area (Å²) in [5, 5.41) is 6.89. The molecule has 0 saturated carbocycles. The van der Waals surface area contributed by atoms with E-state index >= 15 is 0 Å². The number of amides is 1. The summed E-state index contributed by atoms with van der Waals surface area (Å²) in [5.74, 6) is 0.243. The first kappa shape index (κ1) is 15.9. The maximum atomic E-state index is 12.0. The summed E-state index contributed by atoms with van der Waals surface area (Å²) < 4.78 is 0. The summed E-state index contributed by atoms with van der Waals surface area (Å²) in [7, 11) is 1.74. The first-order valence-electron chi connectivity index (χ1n) is 5.49. The molecule has 1 unspecified atom stereocenters. The van der Waals surface area contributed by atoms with Crippen molar-refractivity contribution >= 4 is 18.3 Å². The molecule has 1 amide bonds. The number of carbonyl (C=O) groups excluding carboxylic acids is 1.